The van der Waals surface area contributed by atoms with Gasteiger partial charge >= 0.3 is 0 Å². The van der Waals surface area contributed by atoms with Gasteiger partial charge in [0, 0.05) is 26.3 Å². The van der Waals surface area contributed by atoms with Crippen molar-refractivity contribution >= 4 is 28.7 Å². The van der Waals surface area contributed by atoms with E-state index in [1.165, 1.54) is 5.56 Å². The van der Waals surface area contributed by atoms with E-state index in [1.807, 2.05) is 6.92 Å². The van der Waals surface area contributed by atoms with Crippen molar-refractivity contribution in [1.29, 1.82) is 0 Å². The van der Waals surface area contributed by atoms with Crippen LogP contribution in [-0.2, 0) is 11.2 Å². The van der Waals surface area contributed by atoms with Gasteiger partial charge < -0.3 is 15.4 Å². The van der Waals surface area contributed by atoms with Crippen molar-refractivity contribution in [1.82, 2.24) is 10.6 Å². The van der Waals surface area contributed by atoms with Gasteiger partial charge in [-0.15, -0.1) is 0 Å². The molecule has 0 amide bonds. The summed E-state index contributed by atoms with van der Waals surface area (Å²) < 4.78 is 5.24. The molecule has 2 N–H and O–H groups in total. The van der Waals surface area contributed by atoms with Crippen LogP contribution >= 0.6 is 23.6 Å². The highest BCUT2D eigenvalue weighted by molar-refractivity contribution is 7.80. The highest BCUT2D eigenvalue weighted by atomic mass is 32.1. The Hall–Kier alpha value is -0.650. The van der Waals surface area contributed by atoms with Gasteiger partial charge in [-0.25, -0.2) is 0 Å². The van der Waals surface area contributed by atoms with Crippen LogP contribution in [0.5, 0.6) is 0 Å². The molecule has 0 aliphatic heterocycles. The van der Waals surface area contributed by atoms with E-state index in [1.54, 1.807) is 11.3 Å². The smallest absolute Gasteiger partial charge is 0.166 e. The lowest BCUT2D eigenvalue weighted by molar-refractivity contribution is 0.145. The number of rotatable bonds is 8. The van der Waals surface area contributed by atoms with Crippen LogP contribution in [0.1, 0.15) is 18.9 Å². The lowest BCUT2D eigenvalue weighted by Gasteiger charge is -2.09. The monoisotopic (exact) mass is 272 g/mol. The topological polar surface area (TPSA) is 33.3 Å². The fraction of sp³-hybridized carbons (Fsp3) is 0.583. The lowest BCUT2D eigenvalue weighted by atomic mass is 10.2. The van der Waals surface area contributed by atoms with Crippen molar-refractivity contribution in [2.45, 2.75) is 19.8 Å². The molecular formula is C12H20N2OS2. The van der Waals surface area contributed by atoms with E-state index in [9.17, 15) is 0 Å². The maximum absolute atomic E-state index is 5.24. The first kappa shape index (κ1) is 14.4. The van der Waals surface area contributed by atoms with Crippen molar-refractivity contribution in [2.75, 3.05) is 26.3 Å². The zero-order valence-corrected chi connectivity index (χ0v) is 11.8. The minimum absolute atomic E-state index is 0.733. The quantitative estimate of drug-likeness (QED) is 0.561. The highest BCUT2D eigenvalue weighted by Gasteiger charge is 1.96. The fourth-order valence-corrected chi connectivity index (χ4v) is 2.25. The van der Waals surface area contributed by atoms with Gasteiger partial charge in [-0.3, -0.25) is 0 Å². The molecule has 3 nitrogen and oxygen atoms in total. The van der Waals surface area contributed by atoms with Gasteiger partial charge in [0.1, 0.15) is 0 Å². The third kappa shape index (κ3) is 7.31. The van der Waals surface area contributed by atoms with Crippen LogP contribution in [0.3, 0.4) is 0 Å². The van der Waals surface area contributed by atoms with Crippen molar-refractivity contribution in [3.8, 4) is 0 Å². The third-order valence-corrected chi connectivity index (χ3v) is 3.26. The van der Waals surface area contributed by atoms with Crippen LogP contribution in [0.2, 0.25) is 0 Å². The highest BCUT2D eigenvalue weighted by Crippen LogP contribution is 2.05. The molecule has 17 heavy (non-hydrogen) atoms. The molecule has 0 atom stereocenters. The molecule has 0 radical (unpaired) electrons. The molecule has 1 rings (SSSR count). The summed E-state index contributed by atoms with van der Waals surface area (Å²) >= 11 is 6.90. The second-order valence-corrected chi connectivity index (χ2v) is 4.80. The van der Waals surface area contributed by atoms with Crippen LogP contribution in [0.4, 0.5) is 0 Å². The molecule has 1 heterocycles. The maximum atomic E-state index is 5.24. The molecule has 0 saturated carbocycles. The number of hydrogen-bond acceptors (Lipinski definition) is 3. The normalized spacial score (nSPS) is 10.2. The number of thiophene rings is 1. The van der Waals surface area contributed by atoms with E-state index in [-0.39, 0.29) is 0 Å². The summed E-state index contributed by atoms with van der Waals surface area (Å²) in [5.41, 5.74) is 1.36. The van der Waals surface area contributed by atoms with E-state index in [0.29, 0.717) is 0 Å². The van der Waals surface area contributed by atoms with Gasteiger partial charge in [0.05, 0.1) is 0 Å². The first-order chi connectivity index (χ1) is 8.33. The number of hydrogen-bond donors (Lipinski definition) is 2. The molecule has 0 aliphatic carbocycles. The summed E-state index contributed by atoms with van der Waals surface area (Å²) in [6, 6.07) is 2.14. The summed E-state index contributed by atoms with van der Waals surface area (Å²) in [6.45, 7) is 5.33. The average Bonchev–Trinajstić information content (AvgIpc) is 2.82. The molecule has 96 valence electrons. The summed E-state index contributed by atoms with van der Waals surface area (Å²) in [5, 5.41) is 11.4. The lowest BCUT2D eigenvalue weighted by Crippen LogP contribution is -2.37. The first-order valence-electron chi connectivity index (χ1n) is 5.93. The largest absolute Gasteiger partial charge is 0.382 e. The van der Waals surface area contributed by atoms with Crippen molar-refractivity contribution in [3.63, 3.8) is 0 Å². The summed E-state index contributed by atoms with van der Waals surface area (Å²) in [7, 11) is 0. The fourth-order valence-electron chi connectivity index (χ4n) is 1.34. The number of thiocarbonyl (C=S) groups is 1. The second kappa shape index (κ2) is 9.39. The first-order valence-corrected chi connectivity index (χ1v) is 7.28. The molecule has 0 bridgehead atoms. The third-order valence-electron chi connectivity index (χ3n) is 2.23. The predicted molar refractivity (Wildman–Crippen MR) is 77.7 cm³/mol. The number of nitrogens with one attached hydrogen (secondary N) is 2. The minimum Gasteiger partial charge on any atom is -0.382 e. The Kier molecular flexibility index (Phi) is 7.96. The van der Waals surface area contributed by atoms with Crippen LogP contribution in [0.25, 0.3) is 0 Å². The molecule has 0 spiro atoms. The Bertz CT molecular complexity index is 301. The Morgan fingerprint density at radius 3 is 2.94 bits per heavy atom. The molecule has 0 saturated heterocycles. The number of ether oxygens (including phenoxy) is 1. The van der Waals surface area contributed by atoms with Gasteiger partial charge in [-0.05, 0) is 54.4 Å². The molecule has 1 aromatic heterocycles. The molecule has 0 aromatic carbocycles. The molecule has 0 unspecified atom stereocenters. The maximum Gasteiger partial charge on any atom is 0.166 e. The van der Waals surface area contributed by atoms with Crippen LogP contribution in [0, 0.1) is 0 Å². The Morgan fingerprint density at radius 2 is 2.24 bits per heavy atom. The summed E-state index contributed by atoms with van der Waals surface area (Å²) in [6.07, 6.45) is 2.00. The molecule has 1 aromatic rings. The van der Waals surface area contributed by atoms with E-state index in [4.69, 9.17) is 17.0 Å². The summed E-state index contributed by atoms with van der Waals surface area (Å²) in [4.78, 5) is 0. The summed E-state index contributed by atoms with van der Waals surface area (Å²) in [5.74, 6) is 0. The Labute approximate surface area is 113 Å². The predicted octanol–water partition coefficient (Wildman–Crippen LogP) is 2.18. The standard InChI is InChI=1S/C12H20N2OS2/c1-2-15-8-3-6-13-12(16)14-7-4-11-5-9-17-10-11/h5,9-10H,2-4,6-8H2,1H3,(H2,13,14,16). The van der Waals surface area contributed by atoms with E-state index < -0.39 is 0 Å². The van der Waals surface area contributed by atoms with Crippen LogP contribution in [-0.4, -0.2) is 31.4 Å². The van der Waals surface area contributed by atoms with E-state index in [2.05, 4.69) is 27.5 Å². The Morgan fingerprint density at radius 1 is 1.41 bits per heavy atom. The minimum atomic E-state index is 0.733. The Balaban J connectivity index is 1.94. The van der Waals surface area contributed by atoms with E-state index in [0.717, 1.165) is 44.3 Å². The second-order valence-electron chi connectivity index (χ2n) is 3.61. The SMILES string of the molecule is CCOCCCNC(=S)NCCc1ccsc1. The van der Waals surface area contributed by atoms with Crippen molar-refractivity contribution in [3.05, 3.63) is 22.4 Å². The van der Waals surface area contributed by atoms with Gasteiger partial charge in [0.15, 0.2) is 5.11 Å². The van der Waals surface area contributed by atoms with Crippen LogP contribution < -0.4 is 10.6 Å². The van der Waals surface area contributed by atoms with E-state index >= 15 is 0 Å². The zero-order chi connectivity index (χ0) is 12.3. The van der Waals surface area contributed by atoms with Gasteiger partial charge in [0.25, 0.3) is 0 Å². The average molecular weight is 272 g/mol. The molecular weight excluding hydrogens is 252 g/mol. The van der Waals surface area contributed by atoms with Gasteiger partial charge in [-0.1, -0.05) is 0 Å². The zero-order valence-electron chi connectivity index (χ0n) is 10.2. The van der Waals surface area contributed by atoms with Gasteiger partial charge in [-0.2, -0.15) is 11.3 Å². The van der Waals surface area contributed by atoms with Crippen LogP contribution in [0.15, 0.2) is 16.8 Å². The van der Waals surface area contributed by atoms with Gasteiger partial charge in [0.2, 0.25) is 0 Å². The molecule has 0 fully saturated rings. The van der Waals surface area contributed by atoms with Crippen molar-refractivity contribution in [2.24, 2.45) is 0 Å². The molecule has 0 aliphatic rings. The van der Waals surface area contributed by atoms with Crippen molar-refractivity contribution < 1.29 is 4.74 Å². The molecule has 5 heteroatoms.